The van der Waals surface area contributed by atoms with Crippen LogP contribution in [0.5, 0.6) is 5.75 Å². The number of nitrogens with zero attached hydrogens (tertiary/aromatic N) is 1. The lowest BCUT2D eigenvalue weighted by Crippen LogP contribution is -2.40. The lowest BCUT2D eigenvalue weighted by Gasteiger charge is -2.24. The third-order valence-electron chi connectivity index (χ3n) is 2.45. The summed E-state index contributed by atoms with van der Waals surface area (Å²) in [6.45, 7) is 4.05. The van der Waals surface area contributed by atoms with Gasteiger partial charge >= 0.3 is 0 Å². The SMILES string of the molecule is COc1ccccc1NC(=O)CN(C)CC(C)(C)O. The monoisotopic (exact) mass is 266 g/mol. The summed E-state index contributed by atoms with van der Waals surface area (Å²) < 4.78 is 5.16. The third-order valence-corrected chi connectivity index (χ3v) is 2.45. The van der Waals surface area contributed by atoms with E-state index < -0.39 is 5.60 Å². The molecule has 0 saturated heterocycles. The Morgan fingerprint density at radius 2 is 2.05 bits per heavy atom. The van der Waals surface area contributed by atoms with Gasteiger partial charge in [0.05, 0.1) is 24.9 Å². The Balaban J connectivity index is 2.56. The number of hydrogen-bond acceptors (Lipinski definition) is 4. The first kappa shape index (κ1) is 15.5. The smallest absolute Gasteiger partial charge is 0.238 e. The Labute approximate surface area is 114 Å². The zero-order chi connectivity index (χ0) is 14.5. The molecule has 2 N–H and O–H groups in total. The molecule has 1 aromatic rings. The molecule has 0 heterocycles. The van der Waals surface area contributed by atoms with Gasteiger partial charge in [-0.2, -0.15) is 0 Å². The average Bonchev–Trinajstić information content (AvgIpc) is 2.26. The minimum absolute atomic E-state index is 0.142. The Bertz CT molecular complexity index is 427. The summed E-state index contributed by atoms with van der Waals surface area (Å²) in [7, 11) is 3.35. The molecular weight excluding hydrogens is 244 g/mol. The van der Waals surface area contributed by atoms with Crippen LogP contribution >= 0.6 is 0 Å². The van der Waals surface area contributed by atoms with Crippen LogP contribution in [0.15, 0.2) is 24.3 Å². The van der Waals surface area contributed by atoms with Gasteiger partial charge in [0, 0.05) is 6.54 Å². The lowest BCUT2D eigenvalue weighted by atomic mass is 10.1. The molecule has 0 aliphatic carbocycles. The molecule has 0 aromatic heterocycles. The Morgan fingerprint density at radius 1 is 1.42 bits per heavy atom. The number of carbonyl (C=O) groups excluding carboxylic acids is 1. The molecule has 1 aromatic carbocycles. The zero-order valence-electron chi connectivity index (χ0n) is 11.9. The van der Waals surface area contributed by atoms with Crippen LogP contribution in [0.2, 0.25) is 0 Å². The summed E-state index contributed by atoms with van der Waals surface area (Å²) in [4.78, 5) is 13.7. The Kier molecular flexibility index (Phi) is 5.32. The number of carbonyl (C=O) groups is 1. The predicted octanol–water partition coefficient (Wildman–Crippen LogP) is 1.34. The third kappa shape index (κ3) is 5.72. The first-order valence-corrected chi connectivity index (χ1v) is 6.15. The Hall–Kier alpha value is -1.59. The van der Waals surface area contributed by atoms with E-state index in [1.807, 2.05) is 12.1 Å². The van der Waals surface area contributed by atoms with E-state index >= 15 is 0 Å². The van der Waals surface area contributed by atoms with Crippen molar-refractivity contribution in [3.8, 4) is 5.75 Å². The van der Waals surface area contributed by atoms with E-state index in [0.29, 0.717) is 18.0 Å². The van der Waals surface area contributed by atoms with E-state index in [1.165, 1.54) is 0 Å². The van der Waals surface area contributed by atoms with Gasteiger partial charge in [0.15, 0.2) is 0 Å². The van der Waals surface area contributed by atoms with Crippen molar-refractivity contribution >= 4 is 11.6 Å². The number of aliphatic hydroxyl groups is 1. The first-order chi connectivity index (χ1) is 8.81. The number of likely N-dealkylation sites (N-methyl/N-ethyl adjacent to an activating group) is 1. The summed E-state index contributed by atoms with van der Waals surface area (Å²) in [5, 5.41) is 12.5. The van der Waals surface area contributed by atoms with Gasteiger partial charge in [-0.3, -0.25) is 9.69 Å². The number of para-hydroxylation sites is 2. The van der Waals surface area contributed by atoms with E-state index in [2.05, 4.69) is 5.32 Å². The van der Waals surface area contributed by atoms with Crippen LogP contribution < -0.4 is 10.1 Å². The number of benzene rings is 1. The van der Waals surface area contributed by atoms with Crippen LogP contribution in [0.3, 0.4) is 0 Å². The van der Waals surface area contributed by atoms with Crippen molar-refractivity contribution in [2.75, 3.05) is 32.6 Å². The van der Waals surface area contributed by atoms with Gasteiger partial charge in [-0.1, -0.05) is 12.1 Å². The van der Waals surface area contributed by atoms with E-state index in [0.717, 1.165) is 0 Å². The fourth-order valence-electron chi connectivity index (χ4n) is 1.90. The second-order valence-electron chi connectivity index (χ2n) is 5.23. The lowest BCUT2D eigenvalue weighted by molar-refractivity contribution is -0.117. The molecule has 1 amide bonds. The standard InChI is InChI=1S/C14H22N2O3/c1-14(2,18)10-16(3)9-13(17)15-11-7-5-6-8-12(11)19-4/h5-8,18H,9-10H2,1-4H3,(H,15,17). The van der Waals surface area contributed by atoms with Gasteiger partial charge in [0.2, 0.25) is 5.91 Å². The topological polar surface area (TPSA) is 61.8 Å². The number of anilines is 1. The maximum Gasteiger partial charge on any atom is 0.238 e. The summed E-state index contributed by atoms with van der Waals surface area (Å²) in [6, 6.07) is 7.25. The van der Waals surface area contributed by atoms with Crippen molar-refractivity contribution in [2.24, 2.45) is 0 Å². The number of rotatable bonds is 6. The van der Waals surface area contributed by atoms with Gasteiger partial charge < -0.3 is 15.2 Å². The quantitative estimate of drug-likeness (QED) is 0.815. The van der Waals surface area contributed by atoms with Crippen molar-refractivity contribution in [3.63, 3.8) is 0 Å². The van der Waals surface area contributed by atoms with E-state index in [-0.39, 0.29) is 12.5 Å². The number of methoxy groups -OCH3 is 1. The van der Waals surface area contributed by atoms with Crippen molar-refractivity contribution < 1.29 is 14.6 Å². The fraction of sp³-hybridized carbons (Fsp3) is 0.500. The van der Waals surface area contributed by atoms with Crippen molar-refractivity contribution in [2.45, 2.75) is 19.4 Å². The normalized spacial score (nSPS) is 11.5. The molecular formula is C14H22N2O3. The predicted molar refractivity (Wildman–Crippen MR) is 75.4 cm³/mol. The van der Waals surface area contributed by atoms with Crippen molar-refractivity contribution in [3.05, 3.63) is 24.3 Å². The molecule has 0 fully saturated rings. The fourth-order valence-corrected chi connectivity index (χ4v) is 1.90. The van der Waals surface area contributed by atoms with Gasteiger partial charge in [0.1, 0.15) is 5.75 Å². The molecule has 5 heteroatoms. The summed E-state index contributed by atoms with van der Waals surface area (Å²) in [5.41, 5.74) is -0.175. The van der Waals surface area contributed by atoms with Crippen LogP contribution in [-0.4, -0.2) is 48.8 Å². The molecule has 0 atom stereocenters. The number of hydrogen-bond donors (Lipinski definition) is 2. The molecule has 106 valence electrons. The highest BCUT2D eigenvalue weighted by Gasteiger charge is 2.17. The van der Waals surface area contributed by atoms with Gasteiger partial charge in [-0.15, -0.1) is 0 Å². The average molecular weight is 266 g/mol. The van der Waals surface area contributed by atoms with Gasteiger partial charge in [0.25, 0.3) is 0 Å². The van der Waals surface area contributed by atoms with Crippen LogP contribution in [0.4, 0.5) is 5.69 Å². The highest BCUT2D eigenvalue weighted by Crippen LogP contribution is 2.22. The maximum atomic E-state index is 11.9. The molecule has 0 aliphatic heterocycles. The van der Waals surface area contributed by atoms with Crippen LogP contribution in [0, 0.1) is 0 Å². The summed E-state index contributed by atoms with van der Waals surface area (Å²) in [6.07, 6.45) is 0. The second-order valence-corrected chi connectivity index (χ2v) is 5.23. The highest BCUT2D eigenvalue weighted by atomic mass is 16.5. The molecule has 0 radical (unpaired) electrons. The van der Waals surface area contributed by atoms with Crippen LogP contribution in [0.1, 0.15) is 13.8 Å². The van der Waals surface area contributed by atoms with E-state index in [4.69, 9.17) is 4.74 Å². The van der Waals surface area contributed by atoms with Gasteiger partial charge in [-0.05, 0) is 33.0 Å². The summed E-state index contributed by atoms with van der Waals surface area (Å²) >= 11 is 0. The van der Waals surface area contributed by atoms with E-state index in [9.17, 15) is 9.90 Å². The van der Waals surface area contributed by atoms with Gasteiger partial charge in [-0.25, -0.2) is 0 Å². The molecule has 5 nitrogen and oxygen atoms in total. The molecule has 0 aliphatic rings. The van der Waals surface area contributed by atoms with Crippen LogP contribution in [0.25, 0.3) is 0 Å². The number of nitrogens with one attached hydrogen (secondary N) is 1. The molecule has 0 spiro atoms. The minimum atomic E-state index is -0.820. The number of ether oxygens (including phenoxy) is 1. The maximum absolute atomic E-state index is 11.9. The molecule has 1 rings (SSSR count). The zero-order valence-corrected chi connectivity index (χ0v) is 11.9. The first-order valence-electron chi connectivity index (χ1n) is 6.15. The van der Waals surface area contributed by atoms with Crippen molar-refractivity contribution in [1.82, 2.24) is 4.90 Å². The highest BCUT2D eigenvalue weighted by molar-refractivity contribution is 5.93. The molecule has 0 unspecified atom stereocenters. The van der Waals surface area contributed by atoms with Crippen molar-refractivity contribution in [1.29, 1.82) is 0 Å². The minimum Gasteiger partial charge on any atom is -0.495 e. The second kappa shape index (κ2) is 6.54. The molecule has 0 bridgehead atoms. The molecule has 0 saturated carbocycles. The number of amides is 1. The largest absolute Gasteiger partial charge is 0.495 e. The van der Waals surface area contributed by atoms with Crippen LogP contribution in [-0.2, 0) is 4.79 Å². The molecule has 19 heavy (non-hydrogen) atoms. The summed E-state index contributed by atoms with van der Waals surface area (Å²) in [5.74, 6) is 0.484. The van der Waals surface area contributed by atoms with E-state index in [1.54, 1.807) is 45.0 Å². The Morgan fingerprint density at radius 3 is 2.63 bits per heavy atom.